The van der Waals surface area contributed by atoms with Crippen LogP contribution >= 0.6 is 11.3 Å². The van der Waals surface area contributed by atoms with Crippen molar-refractivity contribution >= 4 is 43.9 Å². The summed E-state index contributed by atoms with van der Waals surface area (Å²) in [6, 6.07) is 2.98. The smallest absolute Gasteiger partial charge is 0.357 e. The first-order chi connectivity index (χ1) is 15.8. The number of nitrogens with one attached hydrogen (secondary N) is 2. The van der Waals surface area contributed by atoms with Crippen molar-refractivity contribution in [1.82, 2.24) is 9.55 Å². The highest BCUT2D eigenvalue weighted by atomic mass is 32.2. The Morgan fingerprint density at radius 1 is 1.29 bits per heavy atom. The van der Waals surface area contributed by atoms with Gasteiger partial charge in [-0.2, -0.15) is 0 Å². The fourth-order valence-corrected chi connectivity index (χ4v) is 4.85. The van der Waals surface area contributed by atoms with E-state index in [0.717, 1.165) is 47.1 Å². The fraction of sp³-hybridized carbons (Fsp3) is 0.300. The van der Waals surface area contributed by atoms with Crippen LogP contribution in [0.2, 0.25) is 0 Å². The van der Waals surface area contributed by atoms with Crippen LogP contribution in [0.3, 0.4) is 0 Å². The highest BCUT2D eigenvalue weighted by Crippen LogP contribution is 2.25. The molecule has 0 aliphatic heterocycles. The molecule has 14 heteroatoms. The Morgan fingerprint density at radius 2 is 2.03 bits per heavy atom. The van der Waals surface area contributed by atoms with E-state index in [1.54, 1.807) is 17.1 Å². The van der Waals surface area contributed by atoms with Gasteiger partial charge in [-0.3, -0.25) is 9.52 Å². The van der Waals surface area contributed by atoms with Crippen LogP contribution in [0, 0.1) is 5.82 Å². The number of likely N-dealkylation sites (N-methyl/N-ethyl adjacent to an activating group) is 1. The van der Waals surface area contributed by atoms with Crippen LogP contribution in [0.5, 0.6) is 0 Å². The average molecular weight is 513 g/mol. The Morgan fingerprint density at radius 3 is 2.68 bits per heavy atom. The molecule has 0 unspecified atom stereocenters. The minimum atomic E-state index is -4.27. The van der Waals surface area contributed by atoms with Crippen LogP contribution in [0.4, 0.5) is 15.1 Å². The molecule has 0 aliphatic rings. The summed E-state index contributed by atoms with van der Waals surface area (Å²) in [5.41, 5.74) is 0.538. The van der Waals surface area contributed by atoms with E-state index in [-0.39, 0.29) is 17.2 Å². The van der Waals surface area contributed by atoms with E-state index in [9.17, 15) is 22.4 Å². The van der Waals surface area contributed by atoms with Gasteiger partial charge in [-0.25, -0.2) is 31.7 Å². The van der Waals surface area contributed by atoms with Crippen molar-refractivity contribution in [3.05, 3.63) is 53.9 Å². The van der Waals surface area contributed by atoms with Crippen molar-refractivity contribution in [3.63, 3.8) is 0 Å². The van der Waals surface area contributed by atoms with Crippen LogP contribution in [0.25, 0.3) is 0 Å². The second-order valence-corrected chi connectivity index (χ2v) is 11.0. The molecule has 2 heterocycles. The van der Waals surface area contributed by atoms with E-state index in [4.69, 9.17) is 5.11 Å². The molecule has 0 atom stereocenters. The largest absolute Gasteiger partial charge is 0.476 e. The number of anilines is 2. The normalized spacial score (nSPS) is 11.9. The zero-order valence-corrected chi connectivity index (χ0v) is 20.4. The molecule has 0 bridgehead atoms. The topological polar surface area (TPSA) is 134 Å². The molecule has 34 heavy (non-hydrogen) atoms. The minimum absolute atomic E-state index is 0.0538. The number of benzene rings is 1. The lowest BCUT2D eigenvalue weighted by Crippen LogP contribution is -2.39. The number of sulfonamides is 1. The molecule has 2 aromatic heterocycles. The maximum absolute atomic E-state index is 14.6. The van der Waals surface area contributed by atoms with Crippen LogP contribution in [0.15, 0.2) is 47.3 Å². The average Bonchev–Trinajstić information content (AvgIpc) is 3.36. The van der Waals surface area contributed by atoms with Gasteiger partial charge >= 0.3 is 5.97 Å². The van der Waals surface area contributed by atoms with E-state index >= 15 is 0 Å². The first-order valence-electron chi connectivity index (χ1n) is 9.98. The molecule has 11 nitrogen and oxygen atoms in total. The first kappa shape index (κ1) is 25.3. The molecule has 0 fully saturated rings. The molecular weight excluding hydrogens is 487 g/mol. The van der Waals surface area contributed by atoms with E-state index in [1.165, 1.54) is 5.51 Å². The lowest BCUT2D eigenvalue weighted by atomic mass is 10.3. The van der Waals surface area contributed by atoms with Gasteiger partial charge in [-0.05, 0) is 18.2 Å². The Labute approximate surface area is 199 Å². The van der Waals surface area contributed by atoms with Crippen molar-refractivity contribution in [2.45, 2.75) is 18.0 Å². The lowest BCUT2D eigenvalue weighted by Gasteiger charge is -2.22. The number of carbonyl (C=O) groups is 2. The van der Waals surface area contributed by atoms with Crippen molar-refractivity contribution in [2.24, 2.45) is 0 Å². The third-order valence-electron chi connectivity index (χ3n) is 4.62. The van der Waals surface area contributed by atoms with E-state index < -0.39 is 38.3 Å². The fourth-order valence-electron chi connectivity index (χ4n) is 2.85. The number of aromatic nitrogens is 3. The molecule has 3 aromatic rings. The Hall–Kier alpha value is -3.36. The second kappa shape index (κ2) is 9.87. The number of halogens is 1. The lowest BCUT2D eigenvalue weighted by molar-refractivity contribution is -0.871. The number of hydrogen-bond acceptors (Lipinski definition) is 6. The number of aromatic carboxylic acids is 1. The van der Waals surface area contributed by atoms with Gasteiger partial charge in [0.2, 0.25) is 6.33 Å². The van der Waals surface area contributed by atoms with Crippen molar-refractivity contribution < 1.29 is 36.6 Å². The summed E-state index contributed by atoms with van der Waals surface area (Å²) in [5.74, 6) is -2.84. The molecule has 0 saturated heterocycles. The molecule has 3 rings (SSSR count). The maximum atomic E-state index is 14.6. The summed E-state index contributed by atoms with van der Waals surface area (Å²) in [5, 5.41) is 11.3. The summed E-state index contributed by atoms with van der Waals surface area (Å²) in [6.45, 7) is 1.62. The molecular formula is C20H25FN6O5S2+2. The molecule has 182 valence electrons. The van der Waals surface area contributed by atoms with Gasteiger partial charge in [-0.15, -0.1) is 11.3 Å². The number of quaternary nitrogens is 1. The molecule has 0 radical (unpaired) electrons. The standard InChI is InChI=1S/C20H23FN6O5S2/c1-27(2,3)9-8-25-6-7-26(13-25)11-17(28)23-16-5-4-14(10-15(16)21)34(31,32)24-19-18(20(29)30)22-12-33-19/h4-7,10,12-13,24H,8-9,11H2,1-3H3/p+2. The summed E-state index contributed by atoms with van der Waals surface area (Å²) in [4.78, 5) is 26.6. The van der Waals surface area contributed by atoms with Gasteiger partial charge in [0.1, 0.15) is 36.3 Å². The summed E-state index contributed by atoms with van der Waals surface area (Å²) >= 11 is 0.784. The molecule has 0 saturated carbocycles. The molecule has 1 amide bonds. The number of imidazole rings is 1. The molecule has 0 spiro atoms. The Kier molecular flexibility index (Phi) is 7.33. The van der Waals surface area contributed by atoms with Gasteiger partial charge in [0.25, 0.3) is 15.9 Å². The zero-order chi connectivity index (χ0) is 25.1. The van der Waals surface area contributed by atoms with E-state index in [2.05, 4.69) is 36.2 Å². The predicted molar refractivity (Wildman–Crippen MR) is 122 cm³/mol. The number of carboxylic acids is 1. The Balaban J connectivity index is 1.65. The monoisotopic (exact) mass is 512 g/mol. The van der Waals surface area contributed by atoms with Gasteiger partial charge in [-0.1, -0.05) is 0 Å². The second-order valence-electron chi connectivity index (χ2n) is 8.47. The predicted octanol–water partition coefficient (Wildman–Crippen LogP) is 1.22. The summed E-state index contributed by atoms with van der Waals surface area (Å²) in [7, 11) is 1.97. The number of carboxylic acid groups (broad SMARTS) is 1. The Bertz CT molecular complexity index is 1310. The summed E-state index contributed by atoms with van der Waals surface area (Å²) < 4.78 is 46.1. The van der Waals surface area contributed by atoms with Gasteiger partial charge in [0.15, 0.2) is 12.2 Å². The van der Waals surface area contributed by atoms with E-state index in [0.29, 0.717) is 0 Å². The first-order valence-corrected chi connectivity index (χ1v) is 12.3. The van der Waals surface area contributed by atoms with Crippen molar-refractivity contribution in [3.8, 4) is 0 Å². The highest BCUT2D eigenvalue weighted by molar-refractivity contribution is 7.93. The van der Waals surface area contributed by atoms with Crippen molar-refractivity contribution in [1.29, 1.82) is 0 Å². The number of nitrogens with zero attached hydrogens (tertiary/aromatic N) is 4. The molecule has 3 N–H and O–H groups in total. The summed E-state index contributed by atoms with van der Waals surface area (Å²) in [6.07, 6.45) is 5.35. The molecule has 0 aliphatic carbocycles. The van der Waals surface area contributed by atoms with Crippen LogP contribution < -0.4 is 14.6 Å². The maximum Gasteiger partial charge on any atom is 0.357 e. The number of rotatable bonds is 10. The third kappa shape index (κ3) is 6.59. The minimum Gasteiger partial charge on any atom is -0.476 e. The molecule has 1 aromatic carbocycles. The quantitative estimate of drug-likeness (QED) is 0.276. The van der Waals surface area contributed by atoms with Crippen molar-refractivity contribution in [2.75, 3.05) is 37.7 Å². The number of hydrogen-bond donors (Lipinski definition) is 3. The van der Waals surface area contributed by atoms with Gasteiger partial charge < -0.3 is 14.9 Å². The van der Waals surface area contributed by atoms with E-state index in [1.807, 2.05) is 10.8 Å². The SMILES string of the molecule is C[N+](C)(C)CCn1cc[n+](CC(=O)Nc2ccc(S(=O)(=O)Nc3scnc3C(=O)O)cc2F)c1. The number of amides is 1. The van der Waals surface area contributed by atoms with Gasteiger partial charge in [0, 0.05) is 0 Å². The number of carbonyl (C=O) groups excluding carboxylic acids is 1. The van der Waals surface area contributed by atoms with Crippen LogP contribution in [0.1, 0.15) is 10.5 Å². The highest BCUT2D eigenvalue weighted by Gasteiger charge is 2.22. The van der Waals surface area contributed by atoms with Gasteiger partial charge in [0.05, 0.1) is 37.2 Å². The number of thiazole rings is 1. The third-order valence-corrected chi connectivity index (χ3v) is 6.84. The van der Waals surface area contributed by atoms with Crippen LogP contribution in [-0.2, 0) is 27.9 Å². The van der Waals surface area contributed by atoms with Crippen LogP contribution in [-0.4, -0.2) is 67.1 Å². The zero-order valence-electron chi connectivity index (χ0n) is 18.7.